The largest absolute Gasteiger partial charge is 0.507 e. The van der Waals surface area contributed by atoms with E-state index in [1.54, 1.807) is 6.92 Å². The Morgan fingerprint density at radius 2 is 1.88 bits per heavy atom. The third kappa shape index (κ3) is 1.92. The Morgan fingerprint density at radius 1 is 1.25 bits per heavy atom. The number of benzene rings is 1. The first-order valence-corrected chi connectivity index (χ1v) is 5.81. The van der Waals surface area contributed by atoms with Gasteiger partial charge < -0.3 is 10.8 Å². The average molecular weight is 223 g/mol. The molecule has 0 bridgehead atoms. The van der Waals surface area contributed by atoms with Gasteiger partial charge in [-0.05, 0) is 37.5 Å². The second-order valence-electron chi connectivity index (χ2n) is 4.84. The van der Waals surface area contributed by atoms with Crippen molar-refractivity contribution in [3.63, 3.8) is 0 Å². The van der Waals surface area contributed by atoms with Gasteiger partial charge in [-0.15, -0.1) is 0 Å². The van der Waals surface area contributed by atoms with Gasteiger partial charge in [-0.3, -0.25) is 0 Å². The van der Waals surface area contributed by atoms with Gasteiger partial charge in [0, 0.05) is 11.1 Å². The van der Waals surface area contributed by atoms with Gasteiger partial charge in [0.2, 0.25) is 0 Å². The van der Waals surface area contributed by atoms with Crippen LogP contribution in [0.25, 0.3) is 0 Å². The van der Waals surface area contributed by atoms with Crippen LogP contribution in [0.4, 0.5) is 4.39 Å². The Bertz CT molecular complexity index is 397. The number of nitrogens with two attached hydrogens (primary N) is 1. The van der Waals surface area contributed by atoms with Gasteiger partial charge in [-0.1, -0.05) is 19.3 Å². The molecule has 1 aliphatic rings. The van der Waals surface area contributed by atoms with Crippen LogP contribution in [0.15, 0.2) is 12.1 Å². The first-order valence-electron chi connectivity index (χ1n) is 5.81. The molecule has 0 saturated heterocycles. The molecule has 3 heteroatoms. The first kappa shape index (κ1) is 11.4. The second-order valence-corrected chi connectivity index (χ2v) is 4.84. The van der Waals surface area contributed by atoms with Crippen molar-refractivity contribution in [3.05, 3.63) is 29.1 Å². The molecule has 16 heavy (non-hydrogen) atoms. The summed E-state index contributed by atoms with van der Waals surface area (Å²) in [4.78, 5) is 0. The van der Waals surface area contributed by atoms with Gasteiger partial charge >= 0.3 is 0 Å². The van der Waals surface area contributed by atoms with Crippen molar-refractivity contribution in [3.8, 4) is 5.75 Å². The normalized spacial score (nSPS) is 19.7. The van der Waals surface area contributed by atoms with Crippen molar-refractivity contribution in [1.82, 2.24) is 0 Å². The van der Waals surface area contributed by atoms with E-state index < -0.39 is 5.54 Å². The Labute approximate surface area is 95.3 Å². The SMILES string of the molecule is Cc1cc(F)cc(C2(N)CCCCC2)c1O. The van der Waals surface area contributed by atoms with Gasteiger partial charge in [-0.25, -0.2) is 4.39 Å². The van der Waals surface area contributed by atoms with Crippen LogP contribution in [0.5, 0.6) is 5.75 Å². The molecule has 0 aromatic heterocycles. The fourth-order valence-electron chi connectivity index (χ4n) is 2.57. The maximum absolute atomic E-state index is 13.4. The lowest BCUT2D eigenvalue weighted by molar-refractivity contribution is 0.290. The number of halogens is 1. The molecule has 1 fully saturated rings. The molecule has 1 aromatic carbocycles. The van der Waals surface area contributed by atoms with E-state index in [9.17, 15) is 9.50 Å². The highest BCUT2D eigenvalue weighted by atomic mass is 19.1. The smallest absolute Gasteiger partial charge is 0.124 e. The van der Waals surface area contributed by atoms with Crippen LogP contribution in [-0.2, 0) is 5.54 Å². The van der Waals surface area contributed by atoms with Crippen molar-refractivity contribution in [2.45, 2.75) is 44.6 Å². The Kier molecular flexibility index (Phi) is 2.89. The summed E-state index contributed by atoms with van der Waals surface area (Å²) in [5.74, 6) is -0.161. The Hall–Kier alpha value is -1.09. The molecular weight excluding hydrogens is 205 g/mol. The summed E-state index contributed by atoms with van der Waals surface area (Å²) in [5.41, 5.74) is 6.88. The number of phenolic OH excluding ortho intramolecular Hbond substituents is 1. The van der Waals surface area contributed by atoms with Crippen LogP contribution in [0, 0.1) is 12.7 Å². The van der Waals surface area contributed by atoms with E-state index >= 15 is 0 Å². The predicted octanol–water partition coefficient (Wildman–Crippen LogP) is 2.96. The van der Waals surface area contributed by atoms with Gasteiger partial charge in [0.05, 0.1) is 0 Å². The van der Waals surface area contributed by atoms with Crippen LogP contribution < -0.4 is 5.73 Å². The van der Waals surface area contributed by atoms with Crippen LogP contribution in [0.1, 0.15) is 43.2 Å². The lowest BCUT2D eigenvalue weighted by Crippen LogP contribution is -2.38. The van der Waals surface area contributed by atoms with E-state index in [-0.39, 0.29) is 11.6 Å². The van der Waals surface area contributed by atoms with Crippen LogP contribution in [-0.4, -0.2) is 5.11 Å². The predicted molar refractivity (Wildman–Crippen MR) is 61.8 cm³/mol. The minimum Gasteiger partial charge on any atom is -0.507 e. The third-order valence-electron chi connectivity index (χ3n) is 3.55. The Balaban J connectivity index is 2.45. The summed E-state index contributed by atoms with van der Waals surface area (Å²) < 4.78 is 13.4. The highest BCUT2D eigenvalue weighted by Crippen LogP contribution is 2.40. The molecule has 0 aliphatic heterocycles. The summed E-state index contributed by atoms with van der Waals surface area (Å²) in [6, 6.07) is 2.72. The number of phenols is 1. The van der Waals surface area contributed by atoms with Gasteiger partial charge in [-0.2, -0.15) is 0 Å². The molecule has 1 aromatic rings. The van der Waals surface area contributed by atoms with Gasteiger partial charge in [0.15, 0.2) is 0 Å². The van der Waals surface area contributed by atoms with Crippen LogP contribution in [0.3, 0.4) is 0 Å². The highest BCUT2D eigenvalue weighted by molar-refractivity contribution is 5.44. The molecule has 0 spiro atoms. The number of hydrogen-bond donors (Lipinski definition) is 2. The van der Waals surface area contributed by atoms with E-state index in [4.69, 9.17) is 5.73 Å². The molecule has 0 radical (unpaired) electrons. The van der Waals surface area contributed by atoms with E-state index in [0.29, 0.717) is 11.1 Å². The molecule has 0 amide bonds. The molecular formula is C13H18FNO. The summed E-state index contributed by atoms with van der Waals surface area (Å²) >= 11 is 0. The first-order chi connectivity index (χ1) is 7.53. The van der Waals surface area contributed by atoms with E-state index in [1.807, 2.05) is 0 Å². The van der Waals surface area contributed by atoms with Gasteiger partial charge in [0.25, 0.3) is 0 Å². The van der Waals surface area contributed by atoms with E-state index in [1.165, 1.54) is 18.6 Å². The number of aryl methyl sites for hydroxylation is 1. The fourth-order valence-corrected chi connectivity index (χ4v) is 2.57. The van der Waals surface area contributed by atoms with Crippen molar-refractivity contribution in [1.29, 1.82) is 0 Å². The summed E-state index contributed by atoms with van der Waals surface area (Å²) in [7, 11) is 0. The molecule has 2 nitrogen and oxygen atoms in total. The quantitative estimate of drug-likeness (QED) is 0.768. The molecule has 2 rings (SSSR count). The third-order valence-corrected chi connectivity index (χ3v) is 3.55. The van der Waals surface area contributed by atoms with Crippen LogP contribution >= 0.6 is 0 Å². The molecule has 1 aliphatic carbocycles. The maximum Gasteiger partial charge on any atom is 0.124 e. The molecule has 0 unspecified atom stereocenters. The lowest BCUT2D eigenvalue weighted by atomic mass is 9.76. The van der Waals surface area contributed by atoms with Crippen LogP contribution in [0.2, 0.25) is 0 Å². The summed E-state index contributed by atoms with van der Waals surface area (Å²) in [5, 5.41) is 9.99. The zero-order chi connectivity index (χ0) is 11.8. The topological polar surface area (TPSA) is 46.2 Å². The van der Waals surface area contributed by atoms with Crippen molar-refractivity contribution in [2.75, 3.05) is 0 Å². The molecule has 1 saturated carbocycles. The van der Waals surface area contributed by atoms with Crippen molar-refractivity contribution in [2.24, 2.45) is 5.73 Å². The molecule has 3 N–H and O–H groups in total. The second kappa shape index (κ2) is 4.06. The lowest BCUT2D eigenvalue weighted by Gasteiger charge is -2.34. The number of rotatable bonds is 1. The molecule has 88 valence electrons. The minimum absolute atomic E-state index is 0.158. The summed E-state index contributed by atoms with van der Waals surface area (Å²) in [6.45, 7) is 1.70. The minimum atomic E-state index is -0.546. The molecule has 0 heterocycles. The van der Waals surface area contributed by atoms with Crippen molar-refractivity contribution < 1.29 is 9.50 Å². The van der Waals surface area contributed by atoms with E-state index in [2.05, 4.69) is 0 Å². The molecule has 0 atom stereocenters. The van der Waals surface area contributed by atoms with Gasteiger partial charge in [0.1, 0.15) is 11.6 Å². The average Bonchev–Trinajstić information content (AvgIpc) is 2.24. The Morgan fingerprint density at radius 3 is 2.50 bits per heavy atom. The zero-order valence-corrected chi connectivity index (χ0v) is 9.59. The summed E-state index contributed by atoms with van der Waals surface area (Å²) in [6.07, 6.45) is 4.91. The fraction of sp³-hybridized carbons (Fsp3) is 0.538. The van der Waals surface area contributed by atoms with Crippen molar-refractivity contribution >= 4 is 0 Å². The monoisotopic (exact) mass is 223 g/mol. The number of aromatic hydroxyl groups is 1. The highest BCUT2D eigenvalue weighted by Gasteiger charge is 2.32. The zero-order valence-electron chi connectivity index (χ0n) is 9.59. The standard InChI is InChI=1S/C13H18FNO/c1-9-7-10(14)8-11(12(9)16)13(15)5-3-2-4-6-13/h7-8,16H,2-6,15H2,1H3. The van der Waals surface area contributed by atoms with E-state index in [0.717, 1.165) is 25.7 Å². The maximum atomic E-state index is 13.4. The number of hydrogen-bond acceptors (Lipinski definition) is 2.